The molecular weight excluding hydrogens is 548 g/mol. The van der Waals surface area contributed by atoms with Crippen LogP contribution in [0.2, 0.25) is 0 Å². The average molecular weight is 588 g/mol. The number of aromatic nitrogens is 1. The molecule has 2 fully saturated rings. The van der Waals surface area contributed by atoms with Crippen LogP contribution in [-0.2, 0) is 4.74 Å². The third-order valence-electron chi connectivity index (χ3n) is 8.74. The number of amidine groups is 1. The summed E-state index contributed by atoms with van der Waals surface area (Å²) in [5.74, 6) is 1.50. The first-order chi connectivity index (χ1) is 20.9. The van der Waals surface area contributed by atoms with Crippen molar-refractivity contribution >= 4 is 34.7 Å². The standard InChI is InChI=1S/C33H39F2N7O/c1-6-24-27(34)10-9-22-17-23(41(5)16-13-36-2)18-25(28(22)24)30-29(35)31(26(19-39-30)32(37-3)38-4)40-21-43-20-33-11-7-14-42(33)15-8-12-33/h1,9-10,17-19,36H,3,7-8,11-16,20-21H2,2,4-5H3,(H,39,40). The summed E-state index contributed by atoms with van der Waals surface area (Å²) in [5.41, 5.74) is 1.83. The molecule has 0 aliphatic carbocycles. The highest BCUT2D eigenvalue weighted by Crippen LogP contribution is 2.40. The first-order valence-electron chi connectivity index (χ1n) is 14.7. The number of nitrogens with zero attached hydrogens (tertiary/aromatic N) is 5. The first kappa shape index (κ1) is 30.5. The van der Waals surface area contributed by atoms with E-state index in [-0.39, 0.29) is 35.1 Å². The molecule has 0 amide bonds. The lowest BCUT2D eigenvalue weighted by Crippen LogP contribution is -2.42. The highest BCUT2D eigenvalue weighted by Gasteiger charge is 2.44. The lowest BCUT2D eigenvalue weighted by atomic mass is 9.94. The Bertz CT molecular complexity index is 1570. The Balaban J connectivity index is 1.58. The Morgan fingerprint density at radius 1 is 1.26 bits per heavy atom. The number of rotatable bonds is 11. The van der Waals surface area contributed by atoms with Gasteiger partial charge in [0.1, 0.15) is 18.2 Å². The van der Waals surface area contributed by atoms with Crippen molar-refractivity contribution in [3.63, 3.8) is 0 Å². The normalized spacial score (nSPS) is 16.3. The number of fused-ring (bicyclic) bond motifs is 2. The minimum absolute atomic E-state index is 0.0260. The summed E-state index contributed by atoms with van der Waals surface area (Å²) >= 11 is 0. The van der Waals surface area contributed by atoms with E-state index in [0.29, 0.717) is 35.1 Å². The van der Waals surface area contributed by atoms with Gasteiger partial charge in [0.05, 0.1) is 23.4 Å². The van der Waals surface area contributed by atoms with Gasteiger partial charge in [-0.3, -0.25) is 14.9 Å². The van der Waals surface area contributed by atoms with E-state index < -0.39 is 11.6 Å². The van der Waals surface area contributed by atoms with E-state index in [1.54, 1.807) is 19.2 Å². The number of nitrogens with one attached hydrogen (secondary N) is 2. The minimum atomic E-state index is -0.643. The Morgan fingerprint density at radius 3 is 2.70 bits per heavy atom. The molecule has 5 rings (SSSR count). The van der Waals surface area contributed by atoms with Crippen LogP contribution in [0.1, 0.15) is 36.8 Å². The molecule has 2 aliphatic heterocycles. The van der Waals surface area contributed by atoms with Gasteiger partial charge in [0.15, 0.2) is 11.7 Å². The highest BCUT2D eigenvalue weighted by molar-refractivity contribution is 6.07. The summed E-state index contributed by atoms with van der Waals surface area (Å²) in [6.07, 6.45) is 11.8. The number of halogens is 2. The molecule has 0 spiro atoms. The van der Waals surface area contributed by atoms with Crippen molar-refractivity contribution < 1.29 is 13.5 Å². The van der Waals surface area contributed by atoms with Crippen molar-refractivity contribution in [3.05, 3.63) is 53.2 Å². The maximum absolute atomic E-state index is 16.7. The van der Waals surface area contributed by atoms with E-state index >= 15 is 4.39 Å². The fourth-order valence-electron chi connectivity index (χ4n) is 6.50. The van der Waals surface area contributed by atoms with Gasteiger partial charge in [-0.2, -0.15) is 0 Å². The van der Waals surface area contributed by atoms with Crippen molar-refractivity contribution in [3.8, 4) is 23.6 Å². The maximum Gasteiger partial charge on any atom is 0.173 e. The van der Waals surface area contributed by atoms with Gasteiger partial charge in [-0.15, -0.1) is 6.42 Å². The summed E-state index contributed by atoms with van der Waals surface area (Å²) in [7, 11) is 5.38. The maximum atomic E-state index is 16.7. The van der Waals surface area contributed by atoms with Crippen LogP contribution in [0.4, 0.5) is 20.2 Å². The fourth-order valence-corrected chi connectivity index (χ4v) is 6.50. The molecule has 2 aliphatic rings. The monoisotopic (exact) mass is 587 g/mol. The fraction of sp³-hybridized carbons (Fsp3) is 0.424. The van der Waals surface area contributed by atoms with Crippen LogP contribution in [0.3, 0.4) is 0 Å². The van der Waals surface area contributed by atoms with Gasteiger partial charge in [-0.1, -0.05) is 12.0 Å². The molecule has 0 unspecified atom stereocenters. The largest absolute Gasteiger partial charge is 0.373 e. The SMILES string of the molecule is C#Cc1c(F)ccc2cc(N(C)CCNC)cc(-c3ncc(C(N=C)=NC)c(NCOCC45CCCN4CCC5)c3F)c12. The molecule has 43 heavy (non-hydrogen) atoms. The van der Waals surface area contributed by atoms with E-state index in [1.165, 1.54) is 25.1 Å². The van der Waals surface area contributed by atoms with Crippen molar-refractivity contribution in [2.24, 2.45) is 9.98 Å². The lowest BCUT2D eigenvalue weighted by molar-refractivity contribution is 0.0439. The number of pyridine rings is 1. The third-order valence-corrected chi connectivity index (χ3v) is 8.74. The average Bonchev–Trinajstić information content (AvgIpc) is 3.60. The first-order valence-corrected chi connectivity index (χ1v) is 14.7. The van der Waals surface area contributed by atoms with Gasteiger partial charge in [0.2, 0.25) is 0 Å². The van der Waals surface area contributed by atoms with Gasteiger partial charge in [-0.05, 0) is 76.1 Å². The predicted octanol–water partition coefficient (Wildman–Crippen LogP) is 4.91. The van der Waals surface area contributed by atoms with E-state index in [0.717, 1.165) is 38.2 Å². The van der Waals surface area contributed by atoms with Crippen molar-refractivity contribution in [2.75, 3.05) is 70.9 Å². The highest BCUT2D eigenvalue weighted by atomic mass is 19.1. The number of hydrogen-bond acceptors (Lipinski definition) is 7. The van der Waals surface area contributed by atoms with Crippen molar-refractivity contribution in [2.45, 2.75) is 31.2 Å². The Labute approximate surface area is 252 Å². The second-order valence-corrected chi connectivity index (χ2v) is 11.2. The number of anilines is 2. The number of benzene rings is 2. The van der Waals surface area contributed by atoms with Crippen molar-refractivity contribution in [1.82, 2.24) is 15.2 Å². The molecule has 0 bridgehead atoms. The zero-order valence-electron chi connectivity index (χ0n) is 25.1. The molecule has 0 radical (unpaired) electrons. The summed E-state index contributed by atoms with van der Waals surface area (Å²) in [5, 5.41) is 7.38. The molecule has 8 nitrogen and oxygen atoms in total. The Kier molecular flexibility index (Phi) is 9.35. The van der Waals surface area contributed by atoms with Crippen LogP contribution >= 0.6 is 0 Å². The van der Waals surface area contributed by atoms with E-state index in [9.17, 15) is 4.39 Å². The second-order valence-electron chi connectivity index (χ2n) is 11.2. The van der Waals surface area contributed by atoms with Gasteiger partial charge >= 0.3 is 0 Å². The zero-order valence-corrected chi connectivity index (χ0v) is 25.1. The molecule has 3 heterocycles. The van der Waals surface area contributed by atoms with Crippen LogP contribution < -0.4 is 15.5 Å². The molecule has 3 aromatic rings. The summed E-state index contributed by atoms with van der Waals surface area (Å²) in [4.78, 5) is 17.2. The third kappa shape index (κ3) is 5.85. The molecule has 2 N–H and O–H groups in total. The number of likely N-dealkylation sites (N-methyl/N-ethyl adjacent to an activating group) is 2. The number of aliphatic imine (C=N–C) groups is 2. The molecule has 0 atom stereocenters. The van der Waals surface area contributed by atoms with Gasteiger partial charge in [-0.25, -0.2) is 13.8 Å². The van der Waals surface area contributed by atoms with Crippen LogP contribution in [0.5, 0.6) is 0 Å². The van der Waals surface area contributed by atoms with E-state index in [4.69, 9.17) is 11.2 Å². The van der Waals surface area contributed by atoms with Gasteiger partial charge < -0.3 is 20.3 Å². The van der Waals surface area contributed by atoms with Gasteiger partial charge in [0.25, 0.3) is 0 Å². The van der Waals surface area contributed by atoms with Crippen LogP contribution in [0.25, 0.3) is 22.0 Å². The van der Waals surface area contributed by atoms with Crippen LogP contribution in [-0.4, -0.2) is 88.6 Å². The summed E-state index contributed by atoms with van der Waals surface area (Å²) in [6, 6.07) is 6.72. The number of terminal acetylenes is 1. The molecular formula is C33H39F2N7O. The van der Waals surface area contributed by atoms with Crippen LogP contribution in [0, 0.1) is 24.0 Å². The van der Waals surface area contributed by atoms with E-state index in [2.05, 4.69) is 43.1 Å². The Morgan fingerprint density at radius 2 is 2.02 bits per heavy atom. The smallest absolute Gasteiger partial charge is 0.173 e. The summed E-state index contributed by atoms with van der Waals surface area (Å²) in [6.45, 7) is 7.89. The molecule has 10 heteroatoms. The van der Waals surface area contributed by atoms with Crippen LogP contribution in [0.15, 0.2) is 40.4 Å². The quantitative estimate of drug-likeness (QED) is 0.109. The second kappa shape index (κ2) is 13.2. The molecule has 1 aromatic heterocycles. The Hall–Kier alpha value is -3.91. The minimum Gasteiger partial charge on any atom is -0.373 e. The molecule has 0 saturated carbocycles. The van der Waals surface area contributed by atoms with Gasteiger partial charge in [0, 0.05) is 55.6 Å². The molecule has 2 saturated heterocycles. The molecule has 226 valence electrons. The topological polar surface area (TPSA) is 77.4 Å². The number of hydrogen-bond donors (Lipinski definition) is 2. The zero-order chi connectivity index (χ0) is 30.6. The summed E-state index contributed by atoms with van der Waals surface area (Å²) < 4.78 is 37.8. The van der Waals surface area contributed by atoms with E-state index in [1.807, 2.05) is 25.1 Å². The lowest BCUT2D eigenvalue weighted by Gasteiger charge is -2.31. The predicted molar refractivity (Wildman–Crippen MR) is 171 cm³/mol. The number of ether oxygens (including phenoxy) is 1. The van der Waals surface area contributed by atoms with Crippen molar-refractivity contribution in [1.29, 1.82) is 0 Å². The molecule has 2 aromatic carbocycles.